The summed E-state index contributed by atoms with van der Waals surface area (Å²) in [5.41, 5.74) is 0.940. The smallest absolute Gasteiger partial charge is 0.358 e. The maximum Gasteiger partial charge on any atom is 0.358 e. The van der Waals surface area contributed by atoms with Crippen molar-refractivity contribution in [2.75, 3.05) is 26.2 Å². The van der Waals surface area contributed by atoms with Gasteiger partial charge in [-0.15, -0.1) is 0 Å². The number of hydrogen-bond acceptors (Lipinski definition) is 5. The van der Waals surface area contributed by atoms with Gasteiger partial charge in [0.25, 0.3) is 0 Å². The quantitative estimate of drug-likeness (QED) is 0.603. The van der Waals surface area contributed by atoms with E-state index in [0.29, 0.717) is 24.6 Å². The van der Waals surface area contributed by atoms with E-state index in [1.165, 1.54) is 11.8 Å². The molecule has 0 radical (unpaired) electrons. The van der Waals surface area contributed by atoms with Crippen LogP contribution in [0.1, 0.15) is 40.8 Å². The normalized spacial score (nSPS) is 17.1. The molecule has 1 aliphatic rings. The Balaban J connectivity index is 2.32. The van der Waals surface area contributed by atoms with Crippen LogP contribution >= 0.6 is 0 Å². The summed E-state index contributed by atoms with van der Waals surface area (Å²) >= 11 is 0. The van der Waals surface area contributed by atoms with Crippen LogP contribution < -0.4 is 5.84 Å². The van der Waals surface area contributed by atoms with Crippen LogP contribution in [0.3, 0.4) is 0 Å². The summed E-state index contributed by atoms with van der Waals surface area (Å²) in [7, 11) is 1.34. The van der Waals surface area contributed by atoms with E-state index in [0.717, 1.165) is 18.7 Å². The van der Waals surface area contributed by atoms with Crippen LogP contribution in [-0.4, -0.2) is 36.0 Å². The maximum atomic E-state index is 11.6. The average Bonchev–Trinajstić information content (AvgIpc) is 2.65. The Morgan fingerprint density at radius 3 is 2.76 bits per heavy atom. The van der Waals surface area contributed by atoms with Crippen LogP contribution in [0.2, 0.25) is 0 Å². The summed E-state index contributed by atoms with van der Waals surface area (Å²) in [5.74, 6) is 6.47. The number of nitrogens with two attached hydrogens (primary N) is 1. The van der Waals surface area contributed by atoms with Gasteiger partial charge in [-0.2, -0.15) is 0 Å². The molecule has 0 saturated carbocycles. The molecule has 0 spiro atoms. The fourth-order valence-electron chi connectivity index (χ4n) is 2.15. The number of hydrogen-bond donors (Lipinski definition) is 1. The Kier molecular flexibility index (Phi) is 3.33. The third kappa shape index (κ3) is 2.12. The second-order valence-corrected chi connectivity index (χ2v) is 4.15. The van der Waals surface area contributed by atoms with Crippen molar-refractivity contribution in [2.45, 2.75) is 25.7 Å². The molecule has 6 nitrogen and oxygen atoms in total. The molecule has 1 aromatic rings. The number of carbonyl (C=O) groups excluding carboxylic acids is 1. The number of esters is 1. The van der Waals surface area contributed by atoms with Gasteiger partial charge >= 0.3 is 5.97 Å². The van der Waals surface area contributed by atoms with Crippen molar-refractivity contribution in [2.24, 2.45) is 0 Å². The van der Waals surface area contributed by atoms with Gasteiger partial charge < -0.3 is 15.3 Å². The maximum absolute atomic E-state index is 11.6. The van der Waals surface area contributed by atoms with E-state index in [1.807, 2.05) is 0 Å². The SMILES string of the molecule is COC(=O)c1c(C)nc(C2CCOCC2)n1N. The molecule has 0 atom stereocenters. The van der Waals surface area contributed by atoms with E-state index in [-0.39, 0.29) is 5.92 Å². The summed E-state index contributed by atoms with van der Waals surface area (Å²) in [5, 5.41) is 0. The molecule has 94 valence electrons. The standard InChI is InChI=1S/C11H17N3O3/c1-7-9(11(15)16-2)14(12)10(13-7)8-3-5-17-6-4-8/h8H,3-6,12H2,1-2H3. The highest BCUT2D eigenvalue weighted by Crippen LogP contribution is 2.26. The van der Waals surface area contributed by atoms with E-state index >= 15 is 0 Å². The van der Waals surface area contributed by atoms with Crippen molar-refractivity contribution in [3.8, 4) is 0 Å². The zero-order valence-corrected chi connectivity index (χ0v) is 10.1. The first-order valence-electron chi connectivity index (χ1n) is 5.65. The van der Waals surface area contributed by atoms with Gasteiger partial charge in [0.1, 0.15) is 5.82 Å². The molecule has 0 aromatic carbocycles. The molecule has 2 N–H and O–H groups in total. The number of nitrogens with zero attached hydrogens (tertiary/aromatic N) is 2. The fourth-order valence-corrected chi connectivity index (χ4v) is 2.15. The second-order valence-electron chi connectivity index (χ2n) is 4.15. The molecule has 0 aliphatic carbocycles. The zero-order chi connectivity index (χ0) is 12.4. The Hall–Kier alpha value is -1.56. The van der Waals surface area contributed by atoms with Crippen LogP contribution in [0.25, 0.3) is 0 Å². The second kappa shape index (κ2) is 4.75. The molecule has 1 aromatic heterocycles. The van der Waals surface area contributed by atoms with Crippen molar-refractivity contribution in [3.05, 3.63) is 17.2 Å². The van der Waals surface area contributed by atoms with Gasteiger partial charge in [-0.1, -0.05) is 0 Å². The van der Waals surface area contributed by atoms with Gasteiger partial charge in [0.15, 0.2) is 5.69 Å². The fraction of sp³-hybridized carbons (Fsp3) is 0.636. The Morgan fingerprint density at radius 2 is 2.18 bits per heavy atom. The number of aryl methyl sites for hydroxylation is 1. The van der Waals surface area contributed by atoms with E-state index < -0.39 is 5.97 Å². The summed E-state index contributed by atoms with van der Waals surface area (Å²) in [6.45, 7) is 3.19. The topological polar surface area (TPSA) is 79.4 Å². The van der Waals surface area contributed by atoms with Crippen LogP contribution in [0.15, 0.2) is 0 Å². The summed E-state index contributed by atoms with van der Waals surface area (Å²) < 4.78 is 11.3. The van der Waals surface area contributed by atoms with Crippen molar-refractivity contribution >= 4 is 5.97 Å². The molecule has 0 unspecified atom stereocenters. The molecule has 0 bridgehead atoms. The molecule has 1 saturated heterocycles. The van der Waals surface area contributed by atoms with Crippen molar-refractivity contribution < 1.29 is 14.3 Å². The first kappa shape index (κ1) is 11.9. The lowest BCUT2D eigenvalue weighted by atomic mass is 10.00. The lowest BCUT2D eigenvalue weighted by molar-refractivity contribution is 0.0588. The van der Waals surface area contributed by atoms with Crippen molar-refractivity contribution in [1.29, 1.82) is 0 Å². The van der Waals surface area contributed by atoms with Gasteiger partial charge in [0.05, 0.1) is 12.8 Å². The molecule has 2 rings (SSSR count). The molecule has 17 heavy (non-hydrogen) atoms. The van der Waals surface area contributed by atoms with Crippen molar-refractivity contribution in [1.82, 2.24) is 9.66 Å². The molecular formula is C11H17N3O3. The van der Waals surface area contributed by atoms with Gasteiger partial charge in [-0.25, -0.2) is 14.5 Å². The molecule has 2 heterocycles. The van der Waals surface area contributed by atoms with Crippen LogP contribution in [0.5, 0.6) is 0 Å². The van der Waals surface area contributed by atoms with Gasteiger partial charge in [-0.3, -0.25) is 0 Å². The molecule has 0 amide bonds. The largest absolute Gasteiger partial charge is 0.464 e. The van der Waals surface area contributed by atoms with E-state index in [9.17, 15) is 4.79 Å². The highest BCUT2D eigenvalue weighted by Gasteiger charge is 2.26. The lowest BCUT2D eigenvalue weighted by Gasteiger charge is -2.21. The summed E-state index contributed by atoms with van der Waals surface area (Å²) in [4.78, 5) is 15.9. The number of aromatic nitrogens is 2. The monoisotopic (exact) mass is 239 g/mol. The molecule has 6 heteroatoms. The highest BCUT2D eigenvalue weighted by molar-refractivity contribution is 5.88. The lowest BCUT2D eigenvalue weighted by Crippen LogP contribution is -2.24. The number of methoxy groups -OCH3 is 1. The highest BCUT2D eigenvalue weighted by atomic mass is 16.5. The Bertz CT molecular complexity index is 422. The third-order valence-electron chi connectivity index (χ3n) is 3.08. The number of nitrogen functional groups attached to an aromatic ring is 1. The Labute approximate surface area is 99.7 Å². The average molecular weight is 239 g/mol. The number of imidazole rings is 1. The number of ether oxygens (including phenoxy) is 2. The van der Waals surface area contributed by atoms with Crippen molar-refractivity contribution in [3.63, 3.8) is 0 Å². The predicted molar refractivity (Wildman–Crippen MR) is 61.2 cm³/mol. The first-order chi connectivity index (χ1) is 8.15. The summed E-state index contributed by atoms with van der Waals surface area (Å²) in [6.07, 6.45) is 1.77. The van der Waals surface area contributed by atoms with E-state index in [4.69, 9.17) is 15.3 Å². The minimum atomic E-state index is -0.448. The van der Waals surface area contributed by atoms with Gasteiger partial charge in [0.2, 0.25) is 0 Å². The summed E-state index contributed by atoms with van der Waals surface area (Å²) in [6, 6.07) is 0. The molecule has 1 aliphatic heterocycles. The number of rotatable bonds is 2. The predicted octanol–water partition coefficient (Wildman–Crippen LogP) is 0.586. The van der Waals surface area contributed by atoms with E-state index in [1.54, 1.807) is 6.92 Å². The zero-order valence-electron chi connectivity index (χ0n) is 10.1. The minimum absolute atomic E-state index is 0.255. The molecule has 1 fully saturated rings. The van der Waals surface area contributed by atoms with Crippen LogP contribution in [-0.2, 0) is 9.47 Å². The van der Waals surface area contributed by atoms with Crippen LogP contribution in [0.4, 0.5) is 0 Å². The number of carbonyl (C=O) groups is 1. The molecular weight excluding hydrogens is 222 g/mol. The van der Waals surface area contributed by atoms with Crippen LogP contribution in [0, 0.1) is 6.92 Å². The Morgan fingerprint density at radius 1 is 1.53 bits per heavy atom. The van der Waals surface area contributed by atoms with Gasteiger partial charge in [0, 0.05) is 19.1 Å². The first-order valence-corrected chi connectivity index (χ1v) is 5.65. The minimum Gasteiger partial charge on any atom is -0.464 e. The third-order valence-corrected chi connectivity index (χ3v) is 3.08. The van der Waals surface area contributed by atoms with Gasteiger partial charge in [-0.05, 0) is 19.8 Å². The van der Waals surface area contributed by atoms with E-state index in [2.05, 4.69) is 4.98 Å².